The van der Waals surface area contributed by atoms with E-state index in [1.807, 2.05) is 0 Å². The molecule has 0 heterocycles. The van der Waals surface area contributed by atoms with E-state index in [0.717, 1.165) is 0 Å². The van der Waals surface area contributed by atoms with Crippen LogP contribution in [0.1, 0.15) is 0 Å². The maximum Gasteiger partial charge on any atom is 0.211 e. The third kappa shape index (κ3) is 5.96. The lowest BCUT2D eigenvalue weighted by Gasteiger charge is -2.11. The average Bonchev–Trinajstić information content (AvgIpc) is 1.65. The molecule has 0 aromatic carbocycles. The van der Waals surface area contributed by atoms with Crippen LogP contribution in [0.25, 0.3) is 0 Å². The van der Waals surface area contributed by atoms with Crippen LogP contribution in [0.3, 0.4) is 0 Å². The van der Waals surface area contributed by atoms with Crippen LogP contribution in [-0.2, 0) is 0 Å². The Bertz CT molecular complexity index is 76.3. The van der Waals surface area contributed by atoms with Crippen LogP contribution in [0.15, 0.2) is 0 Å². The zero-order chi connectivity index (χ0) is 7.65. The highest BCUT2D eigenvalue weighted by Gasteiger charge is 2.47. The Hall–Kier alpha value is 5.67. The van der Waals surface area contributed by atoms with E-state index in [2.05, 4.69) is 132 Å². The van der Waals surface area contributed by atoms with Gasteiger partial charge in [-0.3, -0.25) is 0 Å². The zero-order valence-electron chi connectivity index (χ0n) is 3.61. The average molecular weight is 854 g/mol. The van der Waals surface area contributed by atoms with E-state index in [9.17, 15) is 0 Å². The van der Waals surface area contributed by atoms with Crippen molar-refractivity contribution in [3.05, 3.63) is 0 Å². The first kappa shape index (κ1) is 14.7. The van der Waals surface area contributed by atoms with Crippen molar-refractivity contribution >= 4 is 140 Å². The van der Waals surface area contributed by atoms with E-state index in [1.165, 1.54) is 0 Å². The highest BCUT2D eigenvalue weighted by molar-refractivity contribution is 14.4. The van der Waals surface area contributed by atoms with Gasteiger partial charge in [-0.15, -0.1) is 0 Å². The molecule has 9 heavy (non-hydrogen) atoms. The number of rotatable bonds is 2. The van der Waals surface area contributed by atoms with Gasteiger partial charge in [0, 0.05) is 88.2 Å². The molecular weight excluding hydrogens is 854 g/mol. The Balaban J connectivity index is 4.01. The second-order valence-corrected chi connectivity index (χ2v) is 64.8. The smallest absolute Gasteiger partial charge is 0.00840 e. The van der Waals surface area contributed by atoms with Crippen molar-refractivity contribution in [1.82, 2.24) is 0 Å². The van der Waals surface area contributed by atoms with Crippen molar-refractivity contribution < 1.29 is 0 Å². The number of hydrogen-bond donors (Lipinski definition) is 0. The third-order valence-corrected chi connectivity index (χ3v) is 117. The summed E-state index contributed by atoms with van der Waals surface area (Å²) >= 11 is 15.7. The summed E-state index contributed by atoms with van der Waals surface area (Å²) in [6.07, 6.45) is 0. The van der Waals surface area contributed by atoms with E-state index in [1.54, 1.807) is 0 Å². The molecule has 0 aromatic rings. The molecule has 0 radical (unpaired) electrons. The highest BCUT2D eigenvalue weighted by atomic mass is 127. The van der Waals surface area contributed by atoms with Gasteiger partial charge in [-0.05, 0) is 0 Å². The Morgan fingerprint density at radius 2 is 1.00 bits per heavy atom. The first-order valence-corrected chi connectivity index (χ1v) is 24.0. The van der Waals surface area contributed by atoms with E-state index in [0.29, 0.717) is 0 Å². The second-order valence-electron chi connectivity index (χ2n) is 0.886. The van der Waals surface area contributed by atoms with Gasteiger partial charge in [-0.1, -0.05) is 0 Å². The lowest BCUT2D eigenvalue weighted by molar-refractivity contribution is 5.28. The summed E-state index contributed by atoms with van der Waals surface area (Å²) in [5.41, 5.74) is 0. The first-order chi connectivity index (χ1) is 3.89. The van der Waals surface area contributed by atoms with Crippen LogP contribution in [0.2, 0.25) is 0 Å². The van der Waals surface area contributed by atoms with Gasteiger partial charge in [0.1, 0.15) is 0 Å². The van der Waals surface area contributed by atoms with Crippen molar-refractivity contribution in [3.63, 3.8) is 0 Å². The Morgan fingerprint density at radius 3 is 1.00 bits per heavy atom. The monoisotopic (exact) mass is 854 g/mol. The maximum atomic E-state index is 2.68. The molecule has 56 valence electrons. The van der Waals surface area contributed by atoms with Crippen LogP contribution in [0.4, 0.5) is 0 Å². The van der Waals surface area contributed by atoms with Gasteiger partial charge < -0.3 is 0 Å². The predicted molar refractivity (Wildman–Crippen MR) is 105 cm³/mol. The van der Waals surface area contributed by atoms with E-state index in [-0.39, 0.29) is 5.79 Å². The normalized spacial score (nSPS) is 13.3. The topological polar surface area (TPSA) is 0 Å². The largest absolute Gasteiger partial charge is 0.211 e. The molecule has 0 aliphatic rings. The molecule has 0 aliphatic heterocycles. The molecule has 0 bridgehead atoms. The molecule has 0 unspecified atom stereocenters. The SMILES string of the molecule is IP(I)[P+](I)(I)P(I)I. The maximum absolute atomic E-state index is 2.68. The minimum atomic E-state index is -0.570. The van der Waals surface area contributed by atoms with Crippen molar-refractivity contribution in [2.45, 2.75) is 0 Å². The van der Waals surface area contributed by atoms with Crippen LogP contribution < -0.4 is 0 Å². The summed E-state index contributed by atoms with van der Waals surface area (Å²) < 4.78 is -0.0600. The van der Waals surface area contributed by atoms with Crippen molar-refractivity contribution in [3.8, 4) is 0 Å². The number of hydrogen-bond acceptors (Lipinski definition) is 0. The summed E-state index contributed by atoms with van der Waals surface area (Å²) in [7, 11) is 0. The summed E-state index contributed by atoms with van der Waals surface area (Å²) in [4.78, 5) is 0. The van der Waals surface area contributed by atoms with Crippen LogP contribution in [0.5, 0.6) is 0 Å². The quantitative estimate of drug-likeness (QED) is 0.196. The molecule has 0 nitrogen and oxygen atoms in total. The van der Waals surface area contributed by atoms with Crippen LogP contribution in [-0.4, -0.2) is 0 Å². The third-order valence-electron chi connectivity index (χ3n) is 0.364. The molecule has 0 saturated carbocycles. The molecule has 9 heteroatoms. The number of halogens is 6. The molecule has 0 amide bonds. The van der Waals surface area contributed by atoms with Gasteiger partial charge in [-0.25, -0.2) is 0 Å². The molecule has 0 spiro atoms. The summed E-state index contributed by atoms with van der Waals surface area (Å²) in [5.74, 6) is 0. The molecule has 0 aliphatic carbocycles. The minimum absolute atomic E-state index is 0.255. The lowest BCUT2D eigenvalue weighted by atomic mass is 29.5. The Kier molecular flexibility index (Phi) is 11.5. The Morgan fingerprint density at radius 1 is 0.778 bits per heavy atom. The van der Waals surface area contributed by atoms with Gasteiger partial charge >= 0.3 is 0 Å². The molecule has 0 N–H and O–H groups in total. The second kappa shape index (κ2) is 7.03. The van der Waals surface area contributed by atoms with Crippen molar-refractivity contribution in [2.24, 2.45) is 0 Å². The standard InChI is InChI=1S/I6P3/c1-7(2)9(5,6)8(3)4/q+1. The molecule has 0 saturated heterocycles. The van der Waals surface area contributed by atoms with E-state index in [4.69, 9.17) is 0 Å². The van der Waals surface area contributed by atoms with Crippen molar-refractivity contribution in [1.29, 1.82) is 0 Å². The van der Waals surface area contributed by atoms with E-state index < -0.39 is 1.92 Å². The van der Waals surface area contributed by atoms with Gasteiger partial charge in [0.15, 0.2) is 44.1 Å². The van der Waals surface area contributed by atoms with Gasteiger partial charge in [0.05, 0.1) is 0 Å². The van der Waals surface area contributed by atoms with Gasteiger partial charge in [0.2, 0.25) is 7.72 Å². The first-order valence-electron chi connectivity index (χ1n) is 1.41. The fourth-order valence-corrected chi connectivity index (χ4v) is 62.1. The fourth-order valence-electron chi connectivity index (χ4n) is 0.0511. The molecule has 0 atom stereocenters. The minimum Gasteiger partial charge on any atom is 0.00840 e. The van der Waals surface area contributed by atoms with Crippen molar-refractivity contribution in [2.75, 3.05) is 0 Å². The molecular formula is I6P3+. The van der Waals surface area contributed by atoms with Crippen LogP contribution >= 0.6 is 140 Å². The lowest BCUT2D eigenvalue weighted by Crippen LogP contribution is -1.42. The van der Waals surface area contributed by atoms with Gasteiger partial charge in [0.25, 0.3) is 0 Å². The van der Waals surface area contributed by atoms with Gasteiger partial charge in [-0.2, -0.15) is 0 Å². The van der Waals surface area contributed by atoms with E-state index >= 15 is 0 Å². The van der Waals surface area contributed by atoms with Crippen LogP contribution in [0, 0.1) is 0 Å². The molecule has 0 rings (SSSR count). The molecule has 0 aromatic heterocycles. The summed E-state index contributed by atoms with van der Waals surface area (Å²) in [5, 5.41) is 0. The zero-order valence-corrected chi connectivity index (χ0v) is 19.2. The highest BCUT2D eigenvalue weighted by Crippen LogP contribution is 3.16. The molecule has 0 fully saturated rings. The Labute approximate surface area is 136 Å². The fraction of sp³-hybridized carbons (Fsp3) is 0. The summed E-state index contributed by atoms with van der Waals surface area (Å²) in [6, 6.07) is 0. The summed E-state index contributed by atoms with van der Waals surface area (Å²) in [6.45, 7) is 0. The predicted octanol–water partition coefficient (Wildman–Crippen LogP) is 7.90.